The van der Waals surface area contributed by atoms with E-state index in [9.17, 15) is 13.6 Å². The number of aryl methyl sites for hydroxylation is 1. The molecule has 0 spiro atoms. The molecule has 0 N–H and O–H groups in total. The predicted molar refractivity (Wildman–Crippen MR) is 80.1 cm³/mol. The molecule has 2 aromatic carbocycles. The molecule has 0 heterocycles. The van der Waals surface area contributed by atoms with E-state index < -0.39 is 6.61 Å². The Balaban J connectivity index is 2.12. The Kier molecular flexibility index (Phi) is 5.09. The third-order valence-electron chi connectivity index (χ3n) is 3.32. The van der Waals surface area contributed by atoms with Crippen LogP contribution in [0.5, 0.6) is 5.75 Å². The Hall–Kier alpha value is -2.43. The van der Waals surface area contributed by atoms with Crippen molar-refractivity contribution in [2.45, 2.75) is 20.1 Å². The number of halogens is 2. The van der Waals surface area contributed by atoms with Crippen LogP contribution in [0.2, 0.25) is 0 Å². The largest absolute Gasteiger partial charge is 0.435 e. The van der Waals surface area contributed by atoms with E-state index in [0.717, 1.165) is 11.1 Å². The van der Waals surface area contributed by atoms with Crippen molar-refractivity contribution in [3.63, 3.8) is 0 Å². The lowest BCUT2D eigenvalue weighted by molar-refractivity contribution is -0.0499. The van der Waals surface area contributed by atoms with Gasteiger partial charge in [0, 0.05) is 19.2 Å². The van der Waals surface area contributed by atoms with Crippen molar-refractivity contribution in [3.05, 3.63) is 65.2 Å². The Morgan fingerprint density at radius 1 is 1.18 bits per heavy atom. The van der Waals surface area contributed by atoms with Gasteiger partial charge in [0.05, 0.1) is 0 Å². The van der Waals surface area contributed by atoms with Gasteiger partial charge in [-0.1, -0.05) is 30.3 Å². The molecule has 1 amide bonds. The summed E-state index contributed by atoms with van der Waals surface area (Å²) in [7, 11) is 1.68. The first kappa shape index (κ1) is 15.9. The van der Waals surface area contributed by atoms with Crippen LogP contribution in [0.1, 0.15) is 21.5 Å². The predicted octanol–water partition coefficient (Wildman–Crippen LogP) is 3.87. The van der Waals surface area contributed by atoms with Crippen molar-refractivity contribution in [1.82, 2.24) is 4.90 Å². The zero-order valence-electron chi connectivity index (χ0n) is 12.4. The van der Waals surface area contributed by atoms with Crippen LogP contribution in [0.25, 0.3) is 0 Å². The fourth-order valence-electron chi connectivity index (χ4n) is 2.14. The maximum Gasteiger partial charge on any atom is 0.387 e. The Bertz CT molecular complexity index is 659. The molecule has 5 heteroatoms. The number of hydrogen-bond donors (Lipinski definition) is 0. The third kappa shape index (κ3) is 4.04. The molecular formula is C17H17F2NO2. The second-order valence-electron chi connectivity index (χ2n) is 4.99. The lowest BCUT2D eigenvalue weighted by atomic mass is 10.1. The maximum atomic E-state index is 12.4. The number of carbonyl (C=O) groups is 1. The number of ether oxygens (including phenoxy) is 1. The number of amides is 1. The van der Waals surface area contributed by atoms with Crippen molar-refractivity contribution in [2.75, 3.05) is 7.05 Å². The molecule has 3 nitrogen and oxygen atoms in total. The van der Waals surface area contributed by atoms with E-state index in [4.69, 9.17) is 0 Å². The highest BCUT2D eigenvalue weighted by Crippen LogP contribution is 2.18. The Morgan fingerprint density at radius 2 is 1.91 bits per heavy atom. The minimum Gasteiger partial charge on any atom is -0.435 e. The average molecular weight is 305 g/mol. The van der Waals surface area contributed by atoms with E-state index in [1.807, 2.05) is 31.2 Å². The minimum absolute atomic E-state index is 0.0230. The van der Waals surface area contributed by atoms with Crippen LogP contribution in [0.4, 0.5) is 8.78 Å². The third-order valence-corrected chi connectivity index (χ3v) is 3.32. The fraction of sp³-hybridized carbons (Fsp3) is 0.235. The van der Waals surface area contributed by atoms with Gasteiger partial charge in [0.2, 0.25) is 0 Å². The minimum atomic E-state index is -2.91. The first-order chi connectivity index (χ1) is 10.5. The fourth-order valence-corrected chi connectivity index (χ4v) is 2.14. The summed E-state index contributed by atoms with van der Waals surface area (Å²) in [5.41, 5.74) is 2.45. The van der Waals surface area contributed by atoms with Crippen LogP contribution < -0.4 is 4.74 Å². The van der Waals surface area contributed by atoms with E-state index in [1.54, 1.807) is 18.0 Å². The second kappa shape index (κ2) is 7.02. The summed E-state index contributed by atoms with van der Waals surface area (Å²) in [6, 6.07) is 13.6. The lowest BCUT2D eigenvalue weighted by Gasteiger charge is -2.19. The average Bonchev–Trinajstić information content (AvgIpc) is 2.48. The van der Waals surface area contributed by atoms with Gasteiger partial charge >= 0.3 is 6.61 Å². The lowest BCUT2D eigenvalue weighted by Crippen LogP contribution is -2.26. The van der Waals surface area contributed by atoms with Crippen molar-refractivity contribution in [2.24, 2.45) is 0 Å². The van der Waals surface area contributed by atoms with Crippen LogP contribution in [-0.2, 0) is 6.54 Å². The van der Waals surface area contributed by atoms with Gasteiger partial charge in [0.1, 0.15) is 5.75 Å². The molecule has 0 atom stereocenters. The molecule has 0 radical (unpaired) electrons. The van der Waals surface area contributed by atoms with Crippen LogP contribution in [0.15, 0.2) is 48.5 Å². The van der Waals surface area contributed by atoms with E-state index >= 15 is 0 Å². The van der Waals surface area contributed by atoms with Crippen LogP contribution in [-0.4, -0.2) is 24.5 Å². The van der Waals surface area contributed by atoms with Gasteiger partial charge in [-0.15, -0.1) is 0 Å². The molecule has 0 bridgehead atoms. The molecular weight excluding hydrogens is 288 g/mol. The Labute approximate surface area is 128 Å². The standard InChI is InChI=1S/C17H17F2NO2/c1-12-6-3-4-7-14(12)11-20(2)16(21)13-8-5-9-15(10-13)22-17(18)19/h3-10,17H,11H2,1-2H3. The molecule has 0 saturated heterocycles. The first-order valence-electron chi connectivity index (χ1n) is 6.82. The molecule has 0 unspecified atom stereocenters. The summed E-state index contributed by atoms with van der Waals surface area (Å²) < 4.78 is 28.8. The first-order valence-corrected chi connectivity index (χ1v) is 6.82. The van der Waals surface area contributed by atoms with Gasteiger partial charge in [-0.3, -0.25) is 4.79 Å². The normalized spacial score (nSPS) is 10.6. The van der Waals surface area contributed by atoms with Gasteiger partial charge in [-0.2, -0.15) is 8.78 Å². The number of nitrogens with zero attached hydrogens (tertiary/aromatic N) is 1. The van der Waals surface area contributed by atoms with Crippen molar-refractivity contribution >= 4 is 5.91 Å². The maximum absolute atomic E-state index is 12.4. The molecule has 22 heavy (non-hydrogen) atoms. The van der Waals surface area contributed by atoms with Crippen molar-refractivity contribution in [3.8, 4) is 5.75 Å². The molecule has 116 valence electrons. The van der Waals surface area contributed by atoms with E-state index in [2.05, 4.69) is 4.74 Å². The number of hydrogen-bond acceptors (Lipinski definition) is 2. The van der Waals surface area contributed by atoms with Crippen LogP contribution in [0, 0.1) is 6.92 Å². The van der Waals surface area contributed by atoms with Crippen molar-refractivity contribution in [1.29, 1.82) is 0 Å². The molecule has 0 aliphatic rings. The highest BCUT2D eigenvalue weighted by Gasteiger charge is 2.14. The molecule has 0 saturated carbocycles. The number of benzene rings is 2. The van der Waals surface area contributed by atoms with E-state index in [-0.39, 0.29) is 11.7 Å². The number of rotatable bonds is 5. The van der Waals surface area contributed by atoms with Gasteiger partial charge in [0.25, 0.3) is 5.91 Å². The number of alkyl halides is 2. The summed E-state index contributed by atoms with van der Waals surface area (Å²) in [5, 5.41) is 0. The van der Waals surface area contributed by atoms with Crippen LogP contribution >= 0.6 is 0 Å². The van der Waals surface area contributed by atoms with E-state index in [1.165, 1.54) is 18.2 Å². The van der Waals surface area contributed by atoms with Gasteiger partial charge in [-0.25, -0.2) is 0 Å². The molecule has 0 fully saturated rings. The molecule has 0 aliphatic carbocycles. The molecule has 0 aliphatic heterocycles. The highest BCUT2D eigenvalue weighted by molar-refractivity contribution is 5.94. The SMILES string of the molecule is Cc1ccccc1CN(C)C(=O)c1cccc(OC(F)F)c1. The number of carbonyl (C=O) groups excluding carboxylic acids is 1. The highest BCUT2D eigenvalue weighted by atomic mass is 19.3. The molecule has 2 rings (SSSR count). The monoisotopic (exact) mass is 305 g/mol. The molecule has 2 aromatic rings. The summed E-state index contributed by atoms with van der Waals surface area (Å²) in [5.74, 6) is -0.270. The summed E-state index contributed by atoms with van der Waals surface area (Å²) in [6.45, 7) is -0.481. The zero-order chi connectivity index (χ0) is 16.1. The Morgan fingerprint density at radius 3 is 2.59 bits per heavy atom. The van der Waals surface area contributed by atoms with Gasteiger partial charge in [-0.05, 0) is 36.2 Å². The quantitative estimate of drug-likeness (QED) is 0.839. The summed E-state index contributed by atoms with van der Waals surface area (Å²) >= 11 is 0. The summed E-state index contributed by atoms with van der Waals surface area (Å²) in [4.78, 5) is 13.9. The smallest absolute Gasteiger partial charge is 0.387 e. The van der Waals surface area contributed by atoms with E-state index in [0.29, 0.717) is 12.1 Å². The molecule has 0 aromatic heterocycles. The zero-order valence-corrected chi connectivity index (χ0v) is 12.4. The topological polar surface area (TPSA) is 29.5 Å². The van der Waals surface area contributed by atoms with Crippen LogP contribution in [0.3, 0.4) is 0 Å². The van der Waals surface area contributed by atoms with Gasteiger partial charge in [0.15, 0.2) is 0 Å². The van der Waals surface area contributed by atoms with Crippen molar-refractivity contribution < 1.29 is 18.3 Å². The van der Waals surface area contributed by atoms with Gasteiger partial charge < -0.3 is 9.64 Å². The second-order valence-corrected chi connectivity index (χ2v) is 4.99. The summed E-state index contributed by atoms with van der Waals surface area (Å²) in [6.07, 6.45) is 0.